The fourth-order valence-corrected chi connectivity index (χ4v) is 2.47. The highest BCUT2D eigenvalue weighted by molar-refractivity contribution is 9.10. The fourth-order valence-electron chi connectivity index (χ4n) is 2.03. The molecule has 0 fully saturated rings. The molecule has 0 saturated carbocycles. The standard InChI is InChI=1S/C14H11BrFN5/c1-8-3-2-4-12(13(8)15)21-14(18-19-20-21)10-7-9(16)5-6-11(10)17/h2-7H,17H2,1H3. The van der Waals surface area contributed by atoms with E-state index >= 15 is 0 Å². The van der Waals surface area contributed by atoms with Gasteiger partial charge in [0.1, 0.15) is 5.82 Å². The molecule has 0 amide bonds. The Morgan fingerprint density at radius 2 is 2.05 bits per heavy atom. The van der Waals surface area contributed by atoms with Gasteiger partial charge in [0.2, 0.25) is 0 Å². The molecule has 0 bridgehead atoms. The van der Waals surface area contributed by atoms with Crippen LogP contribution in [0.3, 0.4) is 0 Å². The van der Waals surface area contributed by atoms with Gasteiger partial charge in [-0.3, -0.25) is 0 Å². The van der Waals surface area contributed by atoms with Crippen molar-refractivity contribution in [2.75, 3.05) is 5.73 Å². The third-order valence-corrected chi connectivity index (χ3v) is 4.16. The Balaban J connectivity index is 2.22. The first-order valence-corrected chi connectivity index (χ1v) is 6.96. The van der Waals surface area contributed by atoms with Gasteiger partial charge in [-0.25, -0.2) is 4.39 Å². The van der Waals surface area contributed by atoms with E-state index in [9.17, 15) is 4.39 Å². The molecule has 0 spiro atoms. The number of aromatic nitrogens is 4. The second-order valence-corrected chi connectivity index (χ2v) is 5.35. The molecule has 0 unspecified atom stereocenters. The Morgan fingerprint density at radius 3 is 2.86 bits per heavy atom. The van der Waals surface area contributed by atoms with Crippen LogP contribution in [0, 0.1) is 12.7 Å². The average Bonchev–Trinajstić information content (AvgIpc) is 2.93. The summed E-state index contributed by atoms with van der Waals surface area (Å²) >= 11 is 3.52. The monoisotopic (exact) mass is 347 g/mol. The van der Waals surface area contributed by atoms with E-state index in [0.717, 1.165) is 15.7 Å². The van der Waals surface area contributed by atoms with Crippen LogP contribution in [0.2, 0.25) is 0 Å². The van der Waals surface area contributed by atoms with E-state index in [1.165, 1.54) is 22.9 Å². The molecule has 7 heteroatoms. The SMILES string of the molecule is Cc1cccc(-n2nnnc2-c2cc(F)ccc2N)c1Br. The predicted octanol–water partition coefficient (Wildman–Crippen LogP) is 3.12. The minimum Gasteiger partial charge on any atom is -0.398 e. The van der Waals surface area contributed by atoms with Crippen molar-refractivity contribution in [3.63, 3.8) is 0 Å². The summed E-state index contributed by atoms with van der Waals surface area (Å²) in [6.45, 7) is 1.97. The van der Waals surface area contributed by atoms with Crippen LogP contribution in [0.15, 0.2) is 40.9 Å². The number of halogens is 2. The van der Waals surface area contributed by atoms with Crippen molar-refractivity contribution < 1.29 is 4.39 Å². The Labute approximate surface area is 128 Å². The summed E-state index contributed by atoms with van der Waals surface area (Å²) in [6.07, 6.45) is 0. The zero-order valence-electron chi connectivity index (χ0n) is 11.1. The van der Waals surface area contributed by atoms with Crippen LogP contribution < -0.4 is 5.73 Å². The lowest BCUT2D eigenvalue weighted by Crippen LogP contribution is -2.03. The second kappa shape index (κ2) is 5.25. The highest BCUT2D eigenvalue weighted by Crippen LogP contribution is 2.30. The number of nitrogen functional groups attached to an aromatic ring is 1. The zero-order chi connectivity index (χ0) is 15.0. The lowest BCUT2D eigenvalue weighted by molar-refractivity contribution is 0.628. The first kappa shape index (κ1) is 13.7. The molecule has 0 aliphatic carbocycles. The summed E-state index contributed by atoms with van der Waals surface area (Å²) in [4.78, 5) is 0. The molecule has 0 aliphatic heterocycles. The molecule has 106 valence electrons. The average molecular weight is 348 g/mol. The van der Waals surface area contributed by atoms with Crippen LogP contribution in [0.25, 0.3) is 17.1 Å². The largest absolute Gasteiger partial charge is 0.398 e. The van der Waals surface area contributed by atoms with Gasteiger partial charge in [0.25, 0.3) is 0 Å². The Morgan fingerprint density at radius 1 is 1.24 bits per heavy atom. The van der Waals surface area contributed by atoms with Crippen LogP contribution in [0.4, 0.5) is 10.1 Å². The number of nitrogens with zero attached hydrogens (tertiary/aromatic N) is 4. The Hall–Kier alpha value is -2.28. The molecule has 3 rings (SSSR count). The topological polar surface area (TPSA) is 69.6 Å². The first-order valence-electron chi connectivity index (χ1n) is 6.17. The number of nitrogens with two attached hydrogens (primary N) is 1. The van der Waals surface area contributed by atoms with Crippen LogP contribution in [0.1, 0.15) is 5.56 Å². The lowest BCUT2D eigenvalue weighted by atomic mass is 10.1. The molecular weight excluding hydrogens is 337 g/mol. The van der Waals surface area contributed by atoms with Crippen molar-refractivity contribution in [2.45, 2.75) is 6.92 Å². The van der Waals surface area contributed by atoms with Crippen molar-refractivity contribution in [1.29, 1.82) is 0 Å². The molecule has 5 nitrogen and oxygen atoms in total. The van der Waals surface area contributed by atoms with Crippen molar-refractivity contribution in [3.05, 3.63) is 52.3 Å². The van der Waals surface area contributed by atoms with E-state index in [1.807, 2.05) is 25.1 Å². The maximum absolute atomic E-state index is 13.5. The molecule has 1 aromatic heterocycles. The molecule has 0 aliphatic rings. The van der Waals surface area contributed by atoms with Gasteiger partial charge in [0.05, 0.1) is 5.69 Å². The van der Waals surface area contributed by atoms with Gasteiger partial charge >= 0.3 is 0 Å². The minimum absolute atomic E-state index is 0.387. The van der Waals surface area contributed by atoms with Crippen molar-refractivity contribution in [2.24, 2.45) is 0 Å². The quantitative estimate of drug-likeness (QED) is 0.723. The van der Waals surface area contributed by atoms with Crippen molar-refractivity contribution >= 4 is 21.6 Å². The number of benzene rings is 2. The van der Waals surface area contributed by atoms with Crippen molar-refractivity contribution in [3.8, 4) is 17.1 Å². The number of tetrazole rings is 1. The fraction of sp³-hybridized carbons (Fsp3) is 0.0714. The molecule has 3 aromatic rings. The number of rotatable bonds is 2. The van der Waals surface area contributed by atoms with Crippen LogP contribution in [-0.4, -0.2) is 20.2 Å². The predicted molar refractivity (Wildman–Crippen MR) is 81.4 cm³/mol. The van der Waals surface area contributed by atoms with Crippen LogP contribution in [-0.2, 0) is 0 Å². The molecule has 0 saturated heterocycles. The van der Waals surface area contributed by atoms with Gasteiger partial charge in [-0.15, -0.1) is 5.10 Å². The molecule has 0 atom stereocenters. The highest BCUT2D eigenvalue weighted by atomic mass is 79.9. The normalized spacial score (nSPS) is 10.8. The van der Waals surface area contributed by atoms with Gasteiger partial charge < -0.3 is 5.73 Å². The summed E-state index contributed by atoms with van der Waals surface area (Å²) in [5, 5.41) is 11.6. The molecule has 0 radical (unpaired) electrons. The lowest BCUT2D eigenvalue weighted by Gasteiger charge is -2.10. The zero-order valence-corrected chi connectivity index (χ0v) is 12.7. The maximum Gasteiger partial charge on any atom is 0.189 e. The van der Waals surface area contributed by atoms with Gasteiger partial charge in [0, 0.05) is 15.7 Å². The molecule has 1 heterocycles. The smallest absolute Gasteiger partial charge is 0.189 e. The van der Waals surface area contributed by atoms with E-state index in [2.05, 4.69) is 31.5 Å². The van der Waals surface area contributed by atoms with E-state index in [0.29, 0.717) is 17.1 Å². The second-order valence-electron chi connectivity index (χ2n) is 4.55. The number of aryl methyl sites for hydroxylation is 1. The number of anilines is 1. The maximum atomic E-state index is 13.5. The van der Waals surface area contributed by atoms with Gasteiger partial charge in [-0.2, -0.15) is 4.68 Å². The summed E-state index contributed by atoms with van der Waals surface area (Å²) in [5.41, 5.74) is 8.58. The molecule has 2 N–H and O–H groups in total. The molecule has 2 aromatic carbocycles. The Kier molecular flexibility index (Phi) is 3.42. The summed E-state index contributed by atoms with van der Waals surface area (Å²) < 4.78 is 15.9. The summed E-state index contributed by atoms with van der Waals surface area (Å²) in [7, 11) is 0. The number of hydrogen-bond donors (Lipinski definition) is 1. The third-order valence-electron chi connectivity index (χ3n) is 3.13. The molecule has 21 heavy (non-hydrogen) atoms. The van der Waals surface area contributed by atoms with Crippen LogP contribution >= 0.6 is 15.9 Å². The Bertz CT molecular complexity index is 798. The van der Waals surface area contributed by atoms with E-state index in [4.69, 9.17) is 5.73 Å². The van der Waals surface area contributed by atoms with Crippen LogP contribution in [0.5, 0.6) is 0 Å². The van der Waals surface area contributed by atoms with Gasteiger partial charge in [-0.05, 0) is 63.1 Å². The highest BCUT2D eigenvalue weighted by Gasteiger charge is 2.16. The van der Waals surface area contributed by atoms with Gasteiger partial charge in [0.15, 0.2) is 5.82 Å². The number of hydrogen-bond acceptors (Lipinski definition) is 4. The van der Waals surface area contributed by atoms with Gasteiger partial charge in [-0.1, -0.05) is 12.1 Å². The minimum atomic E-state index is -0.392. The van der Waals surface area contributed by atoms with Crippen molar-refractivity contribution in [1.82, 2.24) is 20.2 Å². The first-order chi connectivity index (χ1) is 10.1. The summed E-state index contributed by atoms with van der Waals surface area (Å²) in [6, 6.07) is 9.85. The van der Waals surface area contributed by atoms with E-state index in [1.54, 1.807) is 0 Å². The van der Waals surface area contributed by atoms with E-state index < -0.39 is 5.82 Å². The van der Waals surface area contributed by atoms with E-state index in [-0.39, 0.29) is 0 Å². The summed E-state index contributed by atoms with van der Waals surface area (Å²) in [5.74, 6) is -0.00430. The third kappa shape index (κ3) is 2.40. The molecular formula is C14H11BrFN5.